The molecule has 0 saturated carbocycles. The summed E-state index contributed by atoms with van der Waals surface area (Å²) in [4.78, 5) is 19.9. The topological polar surface area (TPSA) is 46.3 Å². The van der Waals surface area contributed by atoms with Gasteiger partial charge in [-0.3, -0.25) is 9.78 Å². The SMILES string of the molecule is O=C(c1ccc(Br)o1)N(CCc1cccs1)Cc1cccnc1. The molecule has 0 aromatic carbocycles. The highest BCUT2D eigenvalue weighted by Crippen LogP contribution is 2.18. The maximum atomic E-state index is 12.7. The largest absolute Gasteiger partial charge is 0.444 e. The molecule has 0 N–H and O–H groups in total. The molecular formula is C17H15BrN2O2S. The average molecular weight is 391 g/mol. The van der Waals surface area contributed by atoms with Crippen LogP contribution in [0, 0.1) is 0 Å². The molecule has 0 radical (unpaired) electrons. The Balaban J connectivity index is 1.75. The van der Waals surface area contributed by atoms with E-state index in [-0.39, 0.29) is 5.91 Å². The molecule has 3 aromatic heterocycles. The first kappa shape index (κ1) is 16.0. The van der Waals surface area contributed by atoms with E-state index in [1.54, 1.807) is 40.8 Å². The summed E-state index contributed by atoms with van der Waals surface area (Å²) in [6.07, 6.45) is 4.33. The van der Waals surface area contributed by atoms with Crippen molar-refractivity contribution >= 4 is 33.2 Å². The van der Waals surface area contributed by atoms with Crippen LogP contribution < -0.4 is 0 Å². The quantitative estimate of drug-likeness (QED) is 0.627. The lowest BCUT2D eigenvalue weighted by Gasteiger charge is -2.21. The second-order valence-corrected chi connectivity index (χ2v) is 6.83. The van der Waals surface area contributed by atoms with Crippen molar-refractivity contribution < 1.29 is 9.21 Å². The van der Waals surface area contributed by atoms with Crippen LogP contribution in [-0.2, 0) is 13.0 Å². The smallest absolute Gasteiger partial charge is 0.289 e. The van der Waals surface area contributed by atoms with Gasteiger partial charge in [0.05, 0.1) is 0 Å². The molecule has 3 aromatic rings. The van der Waals surface area contributed by atoms with E-state index < -0.39 is 0 Å². The van der Waals surface area contributed by atoms with Crippen LogP contribution in [-0.4, -0.2) is 22.3 Å². The third-order valence-corrected chi connectivity index (χ3v) is 4.74. The second-order valence-electron chi connectivity index (χ2n) is 5.02. The monoisotopic (exact) mass is 390 g/mol. The van der Waals surface area contributed by atoms with Crippen molar-refractivity contribution in [3.8, 4) is 0 Å². The zero-order chi connectivity index (χ0) is 16.1. The fourth-order valence-corrected chi connectivity index (χ4v) is 3.25. The fourth-order valence-electron chi connectivity index (χ4n) is 2.25. The van der Waals surface area contributed by atoms with Crippen LogP contribution >= 0.6 is 27.3 Å². The number of thiophene rings is 1. The van der Waals surface area contributed by atoms with Crippen LogP contribution in [0.15, 0.2) is 63.3 Å². The average Bonchev–Trinajstić information content (AvgIpc) is 3.23. The summed E-state index contributed by atoms with van der Waals surface area (Å²) in [6, 6.07) is 11.4. The molecule has 118 valence electrons. The predicted octanol–water partition coefficient (Wildman–Crippen LogP) is 4.38. The standard InChI is InChI=1S/C17H15BrN2O2S/c18-16-6-5-15(22-16)17(21)20(9-7-14-4-2-10-23-14)12-13-3-1-8-19-11-13/h1-6,8,10-11H,7,9,12H2. The lowest BCUT2D eigenvalue weighted by molar-refractivity contribution is 0.0711. The first-order chi connectivity index (χ1) is 11.2. The summed E-state index contributed by atoms with van der Waals surface area (Å²) in [5.41, 5.74) is 0.998. The summed E-state index contributed by atoms with van der Waals surface area (Å²) >= 11 is 4.94. The number of hydrogen-bond donors (Lipinski definition) is 0. The second kappa shape index (κ2) is 7.57. The number of amides is 1. The van der Waals surface area contributed by atoms with Crippen molar-refractivity contribution in [2.24, 2.45) is 0 Å². The van der Waals surface area contributed by atoms with Crippen molar-refractivity contribution in [3.63, 3.8) is 0 Å². The molecule has 1 amide bonds. The molecule has 0 fully saturated rings. The van der Waals surface area contributed by atoms with E-state index in [0.717, 1.165) is 12.0 Å². The Hall–Kier alpha value is -1.92. The van der Waals surface area contributed by atoms with E-state index in [0.29, 0.717) is 23.5 Å². The number of hydrogen-bond acceptors (Lipinski definition) is 4. The summed E-state index contributed by atoms with van der Waals surface area (Å²) in [5, 5.41) is 2.05. The lowest BCUT2D eigenvalue weighted by Crippen LogP contribution is -2.32. The summed E-state index contributed by atoms with van der Waals surface area (Å²) in [7, 11) is 0. The van der Waals surface area contributed by atoms with Crippen molar-refractivity contribution in [2.75, 3.05) is 6.54 Å². The van der Waals surface area contributed by atoms with Crippen LogP contribution in [0.25, 0.3) is 0 Å². The first-order valence-electron chi connectivity index (χ1n) is 7.18. The molecule has 3 heterocycles. The molecule has 0 spiro atoms. The predicted molar refractivity (Wildman–Crippen MR) is 93.4 cm³/mol. The van der Waals surface area contributed by atoms with Gasteiger partial charge in [0, 0.05) is 30.4 Å². The Kier molecular flexibility index (Phi) is 5.25. The molecule has 0 aliphatic heterocycles. The summed E-state index contributed by atoms with van der Waals surface area (Å²) in [6.45, 7) is 1.14. The third kappa shape index (κ3) is 4.30. The maximum Gasteiger partial charge on any atom is 0.289 e. The molecule has 4 nitrogen and oxygen atoms in total. The fraction of sp³-hybridized carbons (Fsp3) is 0.176. The Morgan fingerprint density at radius 1 is 1.26 bits per heavy atom. The van der Waals surface area contributed by atoms with Crippen LogP contribution in [0.4, 0.5) is 0 Å². The van der Waals surface area contributed by atoms with Gasteiger partial charge in [-0.15, -0.1) is 11.3 Å². The highest BCUT2D eigenvalue weighted by molar-refractivity contribution is 9.10. The number of carbonyl (C=O) groups excluding carboxylic acids is 1. The number of aromatic nitrogens is 1. The zero-order valence-electron chi connectivity index (χ0n) is 12.3. The molecule has 0 atom stereocenters. The molecule has 6 heteroatoms. The lowest BCUT2D eigenvalue weighted by atomic mass is 10.2. The van der Waals surface area contributed by atoms with Crippen LogP contribution in [0.5, 0.6) is 0 Å². The number of furan rings is 1. The van der Waals surface area contributed by atoms with Gasteiger partial charge in [-0.25, -0.2) is 0 Å². The van der Waals surface area contributed by atoms with Gasteiger partial charge in [0.2, 0.25) is 0 Å². The highest BCUT2D eigenvalue weighted by Gasteiger charge is 2.19. The van der Waals surface area contributed by atoms with Gasteiger partial charge < -0.3 is 9.32 Å². The molecule has 3 rings (SSSR count). The molecular weight excluding hydrogens is 376 g/mol. The highest BCUT2D eigenvalue weighted by atomic mass is 79.9. The first-order valence-corrected chi connectivity index (χ1v) is 8.85. The van der Waals surface area contributed by atoms with E-state index >= 15 is 0 Å². The zero-order valence-corrected chi connectivity index (χ0v) is 14.7. The number of nitrogens with zero attached hydrogens (tertiary/aromatic N) is 2. The van der Waals surface area contributed by atoms with Crippen LogP contribution in [0.3, 0.4) is 0 Å². The van der Waals surface area contributed by atoms with Gasteiger partial charge in [-0.05, 0) is 57.6 Å². The Bertz CT molecular complexity index is 756. The minimum atomic E-state index is -0.115. The number of halogens is 1. The van der Waals surface area contributed by atoms with Crippen molar-refractivity contribution in [1.82, 2.24) is 9.88 Å². The Labute approximate surface area is 146 Å². The van der Waals surface area contributed by atoms with E-state index in [4.69, 9.17) is 4.42 Å². The van der Waals surface area contributed by atoms with Crippen molar-refractivity contribution in [1.29, 1.82) is 0 Å². The minimum Gasteiger partial charge on any atom is -0.444 e. The molecule has 0 saturated heterocycles. The van der Waals surface area contributed by atoms with Gasteiger partial charge in [0.15, 0.2) is 10.4 Å². The molecule has 0 bridgehead atoms. The molecule has 23 heavy (non-hydrogen) atoms. The van der Waals surface area contributed by atoms with E-state index in [2.05, 4.69) is 27.0 Å². The maximum absolute atomic E-state index is 12.7. The number of carbonyl (C=O) groups is 1. The van der Waals surface area contributed by atoms with Gasteiger partial charge in [-0.1, -0.05) is 12.1 Å². The molecule has 0 aliphatic carbocycles. The Morgan fingerprint density at radius 2 is 2.17 bits per heavy atom. The van der Waals surface area contributed by atoms with E-state index in [9.17, 15) is 4.79 Å². The van der Waals surface area contributed by atoms with Gasteiger partial charge >= 0.3 is 0 Å². The minimum absolute atomic E-state index is 0.115. The van der Waals surface area contributed by atoms with Gasteiger partial charge in [0.1, 0.15) is 0 Å². The van der Waals surface area contributed by atoms with Crippen molar-refractivity contribution in [3.05, 3.63) is 75.0 Å². The van der Waals surface area contributed by atoms with Crippen LogP contribution in [0.1, 0.15) is 21.0 Å². The summed E-state index contributed by atoms with van der Waals surface area (Å²) in [5.74, 6) is 0.225. The van der Waals surface area contributed by atoms with E-state index in [1.807, 2.05) is 23.6 Å². The van der Waals surface area contributed by atoms with Gasteiger partial charge in [0.25, 0.3) is 5.91 Å². The number of rotatable bonds is 6. The normalized spacial score (nSPS) is 10.7. The molecule has 0 aliphatic rings. The molecule has 0 unspecified atom stereocenters. The third-order valence-electron chi connectivity index (χ3n) is 3.38. The van der Waals surface area contributed by atoms with Gasteiger partial charge in [-0.2, -0.15) is 0 Å². The Morgan fingerprint density at radius 3 is 2.83 bits per heavy atom. The van der Waals surface area contributed by atoms with E-state index in [1.165, 1.54) is 4.88 Å². The van der Waals surface area contributed by atoms with Crippen LogP contribution in [0.2, 0.25) is 0 Å². The summed E-state index contributed by atoms with van der Waals surface area (Å²) < 4.78 is 5.97. The number of pyridine rings is 1. The van der Waals surface area contributed by atoms with Crippen molar-refractivity contribution in [2.45, 2.75) is 13.0 Å².